The molecule has 1 aliphatic rings. The lowest BCUT2D eigenvalue weighted by atomic mass is 9.92. The summed E-state index contributed by atoms with van der Waals surface area (Å²) in [6.07, 6.45) is 3.47. The lowest BCUT2D eigenvalue weighted by Crippen LogP contribution is -2.23. The molecule has 1 aliphatic carbocycles. The molecule has 2 aromatic carbocycles. The van der Waals surface area contributed by atoms with Crippen LogP contribution in [0.5, 0.6) is 0 Å². The summed E-state index contributed by atoms with van der Waals surface area (Å²) in [4.78, 5) is 42.3. The quantitative estimate of drug-likeness (QED) is 0.219. The molecule has 1 fully saturated rings. The molecule has 43 heavy (non-hydrogen) atoms. The van der Waals surface area contributed by atoms with Crippen LogP contribution < -0.4 is 10.9 Å². The molecule has 0 unspecified atom stereocenters. The number of amides is 1. The van der Waals surface area contributed by atoms with Gasteiger partial charge in [-0.25, -0.2) is 12.8 Å². The normalized spacial score (nSPS) is 13.8. The number of carbonyl (C=O) groups is 2. The Labute approximate surface area is 250 Å². The van der Waals surface area contributed by atoms with Crippen LogP contribution in [-0.2, 0) is 27.6 Å². The van der Waals surface area contributed by atoms with E-state index in [1.807, 2.05) is 45.9 Å². The van der Waals surface area contributed by atoms with E-state index in [9.17, 15) is 22.8 Å². The molecule has 4 aromatic rings. The monoisotopic (exact) mass is 605 g/mol. The number of fused-ring (bicyclic) bond motifs is 1. The minimum atomic E-state index is -3.70. The number of aromatic amines is 1. The Hall–Kier alpha value is -4.05. The Balaban J connectivity index is 1.69. The second-order valence-electron chi connectivity index (χ2n) is 12.4. The molecule has 8 nitrogen and oxygen atoms in total. The summed E-state index contributed by atoms with van der Waals surface area (Å²) in [5.41, 5.74) is 2.01. The van der Waals surface area contributed by atoms with Gasteiger partial charge >= 0.3 is 0 Å². The molecular formula is C33H36FN3O5S. The molecule has 2 N–H and O–H groups in total. The number of carbonyl (C=O) groups excluding carboxylic acids is 2. The summed E-state index contributed by atoms with van der Waals surface area (Å²) >= 11 is 0. The van der Waals surface area contributed by atoms with Gasteiger partial charge in [0.2, 0.25) is 5.91 Å². The zero-order valence-corrected chi connectivity index (χ0v) is 25.6. The van der Waals surface area contributed by atoms with E-state index in [2.05, 4.69) is 10.3 Å². The van der Waals surface area contributed by atoms with Gasteiger partial charge in [-0.1, -0.05) is 33.8 Å². The van der Waals surface area contributed by atoms with Crippen molar-refractivity contribution in [3.8, 4) is 11.1 Å². The van der Waals surface area contributed by atoms with E-state index >= 15 is 4.39 Å². The molecule has 10 heteroatoms. The third kappa shape index (κ3) is 6.64. The number of Topliss-reactive ketones (excluding diaryl/α,β-unsaturated/α-hetero) is 1. The highest BCUT2D eigenvalue weighted by Crippen LogP contribution is 2.37. The molecule has 0 atom stereocenters. The number of sulfone groups is 1. The van der Waals surface area contributed by atoms with Gasteiger partial charge < -0.3 is 14.9 Å². The van der Waals surface area contributed by atoms with Crippen molar-refractivity contribution in [2.45, 2.75) is 65.2 Å². The van der Waals surface area contributed by atoms with Crippen LogP contribution in [0.4, 0.5) is 10.1 Å². The van der Waals surface area contributed by atoms with E-state index in [1.165, 1.54) is 24.4 Å². The van der Waals surface area contributed by atoms with Gasteiger partial charge in [-0.2, -0.15) is 0 Å². The zero-order chi connectivity index (χ0) is 31.1. The topological polar surface area (TPSA) is 118 Å². The Morgan fingerprint density at radius 2 is 1.84 bits per heavy atom. The Morgan fingerprint density at radius 3 is 2.49 bits per heavy atom. The van der Waals surface area contributed by atoms with E-state index < -0.39 is 38.0 Å². The number of hydrogen-bond donors (Lipinski definition) is 2. The molecule has 0 spiro atoms. The van der Waals surface area contributed by atoms with Crippen molar-refractivity contribution in [3.05, 3.63) is 87.7 Å². The Morgan fingerprint density at radius 1 is 1.09 bits per heavy atom. The van der Waals surface area contributed by atoms with E-state index in [4.69, 9.17) is 0 Å². The van der Waals surface area contributed by atoms with Crippen LogP contribution in [0.2, 0.25) is 0 Å². The highest BCUT2D eigenvalue weighted by atomic mass is 32.2. The lowest BCUT2D eigenvalue weighted by Gasteiger charge is -2.18. The fraction of sp³-hybridized carbons (Fsp3) is 0.364. The molecule has 1 amide bonds. The van der Waals surface area contributed by atoms with Gasteiger partial charge in [-0.15, -0.1) is 0 Å². The minimum Gasteiger partial charge on any atom is -0.333 e. The SMILES string of the molecule is CCc1ccc2c(c1)c(-c1ccc[nH]c1=O)c(C(=O)CS(=O)(=O)C1CC1)n2Cc1cc(NC(=O)CC(C)(C)C)ccc1F. The van der Waals surface area contributed by atoms with Crippen LogP contribution in [0.1, 0.15) is 68.6 Å². The number of nitrogens with zero attached hydrogens (tertiary/aromatic N) is 1. The number of halogens is 1. The Kier molecular flexibility index (Phi) is 8.17. The van der Waals surface area contributed by atoms with Crippen LogP contribution >= 0.6 is 0 Å². The van der Waals surface area contributed by atoms with Crippen molar-refractivity contribution in [2.24, 2.45) is 5.41 Å². The summed E-state index contributed by atoms with van der Waals surface area (Å²) in [7, 11) is -3.70. The molecule has 0 radical (unpaired) electrons. The number of H-pyrrole nitrogens is 1. The summed E-state index contributed by atoms with van der Waals surface area (Å²) < 4.78 is 42.9. The number of aromatic nitrogens is 2. The van der Waals surface area contributed by atoms with Crippen LogP contribution in [0, 0.1) is 11.2 Å². The molecule has 226 valence electrons. The summed E-state index contributed by atoms with van der Waals surface area (Å²) in [6, 6.07) is 13.1. The number of ketones is 1. The highest BCUT2D eigenvalue weighted by molar-refractivity contribution is 7.93. The number of aryl methyl sites for hydroxylation is 1. The van der Waals surface area contributed by atoms with Crippen LogP contribution in [-0.4, -0.2) is 40.7 Å². The highest BCUT2D eigenvalue weighted by Gasteiger charge is 2.38. The standard InChI is InChI=1S/C33H36FN3O5S/c1-5-20-8-13-27-25(15-20)30(24-7-6-14-35-32(24)40)31(28(38)19-43(41,42)23-10-11-23)37(27)18-21-16-22(9-12-26(21)34)36-29(39)17-33(2,3)4/h6-9,12-16,23H,5,10-11,17-19H2,1-4H3,(H,35,40)(H,36,39). The van der Waals surface area contributed by atoms with Gasteiger partial charge in [-0.05, 0) is 72.7 Å². The Bertz CT molecular complexity index is 1900. The second-order valence-corrected chi connectivity index (χ2v) is 14.7. The number of benzene rings is 2. The molecule has 5 rings (SSSR count). The predicted octanol–water partition coefficient (Wildman–Crippen LogP) is 5.88. The average molecular weight is 606 g/mol. The van der Waals surface area contributed by atoms with Crippen molar-refractivity contribution in [2.75, 3.05) is 11.1 Å². The zero-order valence-electron chi connectivity index (χ0n) is 24.8. The van der Waals surface area contributed by atoms with Crippen LogP contribution in [0.25, 0.3) is 22.0 Å². The fourth-order valence-corrected chi connectivity index (χ4v) is 6.99. The first-order chi connectivity index (χ1) is 20.3. The van der Waals surface area contributed by atoms with Crippen LogP contribution in [0.3, 0.4) is 0 Å². The maximum atomic E-state index is 15.3. The van der Waals surface area contributed by atoms with Gasteiger partial charge in [0, 0.05) is 45.9 Å². The summed E-state index contributed by atoms with van der Waals surface area (Å²) in [5.74, 6) is -2.13. The predicted molar refractivity (Wildman–Crippen MR) is 167 cm³/mol. The average Bonchev–Trinajstić information content (AvgIpc) is 3.74. The maximum absolute atomic E-state index is 15.3. The van der Waals surface area contributed by atoms with Crippen LogP contribution in [0.15, 0.2) is 59.5 Å². The number of pyridine rings is 1. The van der Waals surface area contributed by atoms with Gasteiger partial charge in [0.15, 0.2) is 15.6 Å². The van der Waals surface area contributed by atoms with Crippen molar-refractivity contribution in [1.82, 2.24) is 9.55 Å². The first-order valence-corrected chi connectivity index (χ1v) is 16.1. The largest absolute Gasteiger partial charge is 0.333 e. The van der Waals surface area contributed by atoms with Crippen molar-refractivity contribution in [1.29, 1.82) is 0 Å². The molecule has 0 saturated heterocycles. The molecule has 2 aromatic heterocycles. The molecule has 0 aliphatic heterocycles. The lowest BCUT2D eigenvalue weighted by molar-refractivity contribution is -0.117. The summed E-state index contributed by atoms with van der Waals surface area (Å²) in [6.45, 7) is 7.69. The third-order valence-electron chi connectivity index (χ3n) is 7.60. The molecular weight excluding hydrogens is 569 g/mol. The maximum Gasteiger partial charge on any atom is 0.255 e. The fourth-order valence-electron chi connectivity index (χ4n) is 5.39. The minimum absolute atomic E-state index is 0.0331. The second kappa shape index (κ2) is 11.6. The van der Waals surface area contributed by atoms with Crippen molar-refractivity contribution in [3.63, 3.8) is 0 Å². The first kappa shape index (κ1) is 30.4. The van der Waals surface area contributed by atoms with Gasteiger partial charge in [0.05, 0.1) is 17.5 Å². The number of hydrogen-bond acceptors (Lipinski definition) is 5. The van der Waals surface area contributed by atoms with Gasteiger partial charge in [0.1, 0.15) is 11.6 Å². The van der Waals surface area contributed by atoms with Gasteiger partial charge in [0.25, 0.3) is 5.56 Å². The molecule has 0 bridgehead atoms. The van der Waals surface area contributed by atoms with E-state index in [1.54, 1.807) is 16.7 Å². The number of rotatable bonds is 10. The summed E-state index contributed by atoms with van der Waals surface area (Å²) in [5, 5.41) is 2.87. The van der Waals surface area contributed by atoms with E-state index in [0.717, 1.165) is 5.56 Å². The third-order valence-corrected chi connectivity index (χ3v) is 9.75. The van der Waals surface area contributed by atoms with Crippen molar-refractivity contribution >= 4 is 38.1 Å². The number of anilines is 1. The van der Waals surface area contributed by atoms with Crippen molar-refractivity contribution < 1.29 is 22.4 Å². The van der Waals surface area contributed by atoms with Gasteiger partial charge in [-0.3, -0.25) is 14.4 Å². The number of nitrogens with one attached hydrogen (secondary N) is 2. The first-order valence-electron chi connectivity index (χ1n) is 14.4. The molecule has 1 saturated carbocycles. The molecule has 2 heterocycles. The van der Waals surface area contributed by atoms with E-state index in [-0.39, 0.29) is 41.1 Å². The van der Waals surface area contributed by atoms with E-state index in [0.29, 0.717) is 41.4 Å². The smallest absolute Gasteiger partial charge is 0.255 e.